The molecule has 0 heterocycles. The van der Waals surface area contributed by atoms with E-state index in [-0.39, 0.29) is 11.8 Å². The second-order valence-corrected chi connectivity index (χ2v) is 6.55. The van der Waals surface area contributed by atoms with Crippen molar-refractivity contribution in [3.05, 3.63) is 64.7 Å². The topological polar surface area (TPSA) is 72.2 Å². The van der Waals surface area contributed by atoms with Crippen LogP contribution < -0.4 is 11.1 Å². The van der Waals surface area contributed by atoms with Gasteiger partial charge in [-0.3, -0.25) is 9.59 Å². The molecule has 2 rings (SSSR count). The van der Waals surface area contributed by atoms with Crippen LogP contribution in [0.15, 0.2) is 42.5 Å². The predicted molar refractivity (Wildman–Crippen MR) is 97.5 cm³/mol. The Morgan fingerprint density at radius 2 is 1.54 bits per heavy atom. The van der Waals surface area contributed by atoms with Crippen molar-refractivity contribution in [1.82, 2.24) is 0 Å². The largest absolute Gasteiger partial charge is 0.366 e. The molecular formula is C20H24N2O2. The molecule has 0 saturated carbocycles. The van der Waals surface area contributed by atoms with E-state index >= 15 is 0 Å². The number of carbonyl (C=O) groups is 2. The molecule has 2 amide bonds. The Kier molecular flexibility index (Phi) is 5.39. The number of amides is 2. The Balaban J connectivity index is 2.27. The molecule has 0 spiro atoms. The van der Waals surface area contributed by atoms with Crippen molar-refractivity contribution in [2.24, 2.45) is 5.73 Å². The van der Waals surface area contributed by atoms with Crippen LogP contribution in [0.1, 0.15) is 71.4 Å². The molecule has 3 N–H and O–H groups in total. The predicted octanol–water partition coefficient (Wildman–Crippen LogP) is 4.28. The molecule has 0 atom stereocenters. The van der Waals surface area contributed by atoms with Gasteiger partial charge in [0.25, 0.3) is 5.91 Å². The van der Waals surface area contributed by atoms with Crippen molar-refractivity contribution in [3.63, 3.8) is 0 Å². The Hall–Kier alpha value is -2.62. The summed E-state index contributed by atoms with van der Waals surface area (Å²) in [6, 6.07) is 12.6. The maximum Gasteiger partial charge on any atom is 0.255 e. The third kappa shape index (κ3) is 4.02. The van der Waals surface area contributed by atoms with Gasteiger partial charge >= 0.3 is 0 Å². The summed E-state index contributed by atoms with van der Waals surface area (Å²) < 4.78 is 0. The first-order valence-electron chi connectivity index (χ1n) is 8.14. The Bertz CT molecular complexity index is 747. The lowest BCUT2D eigenvalue weighted by atomic mass is 9.91. The quantitative estimate of drug-likeness (QED) is 0.861. The van der Waals surface area contributed by atoms with E-state index in [0.717, 1.165) is 5.56 Å². The van der Waals surface area contributed by atoms with Crippen molar-refractivity contribution in [3.8, 4) is 0 Å². The Morgan fingerprint density at radius 1 is 0.917 bits per heavy atom. The Labute approximate surface area is 143 Å². The molecule has 0 bridgehead atoms. The van der Waals surface area contributed by atoms with Crippen LogP contribution in [0.3, 0.4) is 0 Å². The number of rotatable bonds is 5. The molecule has 0 aliphatic heterocycles. The second-order valence-electron chi connectivity index (χ2n) is 6.55. The maximum atomic E-state index is 12.6. The molecule has 0 aliphatic rings. The number of nitrogens with two attached hydrogens (primary N) is 1. The van der Waals surface area contributed by atoms with Crippen LogP contribution in [0, 0.1) is 0 Å². The number of hydrogen-bond donors (Lipinski definition) is 2. The van der Waals surface area contributed by atoms with Gasteiger partial charge in [0, 0.05) is 16.8 Å². The second kappa shape index (κ2) is 7.30. The summed E-state index contributed by atoms with van der Waals surface area (Å²) in [7, 11) is 0. The summed E-state index contributed by atoms with van der Waals surface area (Å²) in [5.74, 6) is 0.0303. The fourth-order valence-electron chi connectivity index (χ4n) is 2.54. The van der Waals surface area contributed by atoms with E-state index in [2.05, 4.69) is 39.1 Å². The minimum atomic E-state index is -0.487. The van der Waals surface area contributed by atoms with Crippen LogP contribution in [0.5, 0.6) is 0 Å². The van der Waals surface area contributed by atoms with Gasteiger partial charge in [0.15, 0.2) is 0 Å². The third-order valence-corrected chi connectivity index (χ3v) is 4.04. The van der Waals surface area contributed by atoms with Crippen LogP contribution in [-0.4, -0.2) is 11.8 Å². The molecule has 0 unspecified atom stereocenters. The fraction of sp³-hybridized carbons (Fsp3) is 0.300. The minimum absolute atomic E-state index is 0.152. The molecule has 4 nitrogen and oxygen atoms in total. The highest BCUT2D eigenvalue weighted by molar-refractivity contribution is 6.05. The first-order chi connectivity index (χ1) is 11.3. The number of carbonyl (C=O) groups excluding carboxylic acids is 2. The van der Waals surface area contributed by atoms with Crippen LogP contribution in [0.2, 0.25) is 0 Å². The van der Waals surface area contributed by atoms with Gasteiger partial charge in [0.2, 0.25) is 5.91 Å². The highest BCUT2D eigenvalue weighted by Crippen LogP contribution is 2.25. The molecule has 0 aliphatic carbocycles. The van der Waals surface area contributed by atoms with E-state index in [1.165, 1.54) is 5.56 Å². The molecule has 4 heteroatoms. The van der Waals surface area contributed by atoms with E-state index in [4.69, 9.17) is 5.73 Å². The van der Waals surface area contributed by atoms with Gasteiger partial charge in [0.1, 0.15) is 0 Å². The van der Waals surface area contributed by atoms with Gasteiger partial charge in [-0.15, -0.1) is 0 Å². The van der Waals surface area contributed by atoms with Crippen molar-refractivity contribution in [2.75, 3.05) is 5.32 Å². The standard InChI is InChI=1S/C20H24N2O2/c1-12(2)15-7-10-17(18(11-15)13(3)4)20(24)22-16-8-5-14(6-9-16)19(21)23/h5-13H,1-4H3,(H2,21,23)(H,22,24). The average molecular weight is 324 g/mol. The highest BCUT2D eigenvalue weighted by atomic mass is 16.2. The minimum Gasteiger partial charge on any atom is -0.366 e. The third-order valence-electron chi connectivity index (χ3n) is 4.04. The van der Waals surface area contributed by atoms with Crippen molar-refractivity contribution >= 4 is 17.5 Å². The van der Waals surface area contributed by atoms with Crippen LogP contribution in [0.25, 0.3) is 0 Å². The molecule has 2 aromatic rings. The first kappa shape index (κ1) is 17.7. The highest BCUT2D eigenvalue weighted by Gasteiger charge is 2.16. The van der Waals surface area contributed by atoms with Gasteiger partial charge in [0.05, 0.1) is 0 Å². The van der Waals surface area contributed by atoms with Crippen LogP contribution >= 0.6 is 0 Å². The first-order valence-corrected chi connectivity index (χ1v) is 8.14. The van der Waals surface area contributed by atoms with Gasteiger partial charge in [-0.25, -0.2) is 0 Å². The molecule has 0 aromatic heterocycles. The van der Waals surface area contributed by atoms with Gasteiger partial charge < -0.3 is 11.1 Å². The van der Waals surface area contributed by atoms with Gasteiger partial charge in [-0.1, -0.05) is 39.8 Å². The van der Waals surface area contributed by atoms with Crippen LogP contribution in [0.4, 0.5) is 5.69 Å². The molecule has 126 valence electrons. The lowest BCUT2D eigenvalue weighted by molar-refractivity contribution is 0.0998. The van der Waals surface area contributed by atoms with Crippen molar-refractivity contribution < 1.29 is 9.59 Å². The average Bonchev–Trinajstić information content (AvgIpc) is 2.54. The molecular weight excluding hydrogens is 300 g/mol. The summed E-state index contributed by atoms with van der Waals surface area (Å²) in [6.45, 7) is 8.44. The van der Waals surface area contributed by atoms with E-state index in [9.17, 15) is 9.59 Å². The summed E-state index contributed by atoms with van der Waals surface area (Å²) >= 11 is 0. The summed E-state index contributed by atoms with van der Waals surface area (Å²) in [4.78, 5) is 23.7. The number of hydrogen-bond acceptors (Lipinski definition) is 2. The molecule has 0 fully saturated rings. The monoisotopic (exact) mass is 324 g/mol. The normalized spacial score (nSPS) is 10.9. The zero-order valence-corrected chi connectivity index (χ0v) is 14.6. The SMILES string of the molecule is CC(C)c1ccc(C(=O)Nc2ccc(C(N)=O)cc2)c(C(C)C)c1. The van der Waals surface area contributed by atoms with E-state index in [0.29, 0.717) is 22.7 Å². The lowest BCUT2D eigenvalue weighted by Crippen LogP contribution is -2.16. The van der Waals surface area contributed by atoms with E-state index < -0.39 is 5.91 Å². The zero-order chi connectivity index (χ0) is 17.9. The number of anilines is 1. The van der Waals surface area contributed by atoms with Crippen molar-refractivity contribution in [1.29, 1.82) is 0 Å². The van der Waals surface area contributed by atoms with Gasteiger partial charge in [-0.2, -0.15) is 0 Å². The van der Waals surface area contributed by atoms with Crippen LogP contribution in [-0.2, 0) is 0 Å². The maximum absolute atomic E-state index is 12.6. The summed E-state index contributed by atoms with van der Waals surface area (Å²) in [6.07, 6.45) is 0. The molecule has 0 saturated heterocycles. The fourth-order valence-corrected chi connectivity index (χ4v) is 2.54. The van der Waals surface area contributed by atoms with Gasteiger partial charge in [-0.05, 0) is 53.3 Å². The zero-order valence-electron chi connectivity index (χ0n) is 14.6. The van der Waals surface area contributed by atoms with Crippen molar-refractivity contribution in [2.45, 2.75) is 39.5 Å². The lowest BCUT2D eigenvalue weighted by Gasteiger charge is -2.16. The molecule has 0 radical (unpaired) electrons. The molecule has 24 heavy (non-hydrogen) atoms. The number of primary amides is 1. The smallest absolute Gasteiger partial charge is 0.255 e. The number of nitrogens with one attached hydrogen (secondary N) is 1. The summed E-state index contributed by atoms with van der Waals surface area (Å²) in [5.41, 5.74) is 9.20. The molecule has 2 aromatic carbocycles. The van der Waals surface area contributed by atoms with E-state index in [1.807, 2.05) is 12.1 Å². The number of benzene rings is 2. The van der Waals surface area contributed by atoms with E-state index in [1.54, 1.807) is 24.3 Å². The Morgan fingerprint density at radius 3 is 2.04 bits per heavy atom. The summed E-state index contributed by atoms with van der Waals surface area (Å²) in [5, 5.41) is 2.88.